The Hall–Kier alpha value is -4.49. The van der Waals surface area contributed by atoms with Crippen molar-refractivity contribution in [2.75, 3.05) is 5.01 Å². The van der Waals surface area contributed by atoms with Crippen molar-refractivity contribution < 1.29 is 9.59 Å². The topological polar surface area (TPSA) is 104 Å². The fraction of sp³-hybridized carbons (Fsp3) is 0.167. The highest BCUT2D eigenvalue weighted by atomic mass is 16.1. The molecule has 2 heterocycles. The number of hydrogen-bond donors (Lipinski definition) is 3. The molecule has 7 heteroatoms. The molecule has 6 rings (SSSR count). The SMILES string of the molecule is Cc1ccc(C(=O)NC2CC2)cc1N1N=CC(=Cc2cccc(C(=O)c3cc4ccccc4[nH]3)c2)C1N. The summed E-state index contributed by atoms with van der Waals surface area (Å²) in [7, 11) is 0. The van der Waals surface area contributed by atoms with E-state index in [1.54, 1.807) is 11.2 Å². The Balaban J connectivity index is 1.23. The fourth-order valence-electron chi connectivity index (χ4n) is 4.56. The first-order valence-corrected chi connectivity index (χ1v) is 12.4. The zero-order chi connectivity index (χ0) is 25.5. The molecule has 0 spiro atoms. The monoisotopic (exact) mass is 489 g/mol. The molecule has 4 aromatic rings. The highest BCUT2D eigenvalue weighted by Crippen LogP contribution is 2.29. The number of anilines is 1. The summed E-state index contributed by atoms with van der Waals surface area (Å²) >= 11 is 0. The molecule has 0 bridgehead atoms. The van der Waals surface area contributed by atoms with E-state index >= 15 is 0 Å². The Labute approximate surface area is 214 Å². The lowest BCUT2D eigenvalue weighted by Crippen LogP contribution is -2.36. The van der Waals surface area contributed by atoms with Gasteiger partial charge in [0.2, 0.25) is 5.78 Å². The maximum absolute atomic E-state index is 13.2. The molecule has 4 N–H and O–H groups in total. The second kappa shape index (κ2) is 9.19. The lowest BCUT2D eigenvalue weighted by molar-refractivity contribution is 0.0950. The number of aromatic nitrogens is 1. The van der Waals surface area contributed by atoms with Crippen LogP contribution in [0.1, 0.15) is 50.4 Å². The van der Waals surface area contributed by atoms with Gasteiger partial charge in [0, 0.05) is 33.6 Å². The second-order valence-corrected chi connectivity index (χ2v) is 9.65. The average Bonchev–Trinajstić information content (AvgIpc) is 3.50. The molecule has 2 aliphatic rings. The number of hydrogen-bond acceptors (Lipinski definition) is 5. The minimum absolute atomic E-state index is 0.0700. The van der Waals surface area contributed by atoms with E-state index in [0.717, 1.165) is 46.1 Å². The van der Waals surface area contributed by atoms with E-state index in [0.29, 0.717) is 16.8 Å². The van der Waals surface area contributed by atoms with Gasteiger partial charge in [-0.15, -0.1) is 0 Å². The van der Waals surface area contributed by atoms with Crippen LogP contribution in [0.25, 0.3) is 17.0 Å². The Morgan fingerprint density at radius 2 is 1.86 bits per heavy atom. The van der Waals surface area contributed by atoms with Crippen LogP contribution in [-0.4, -0.2) is 35.1 Å². The molecular weight excluding hydrogens is 462 g/mol. The maximum Gasteiger partial charge on any atom is 0.251 e. The number of aryl methyl sites for hydroxylation is 1. The molecule has 0 radical (unpaired) electrons. The Bertz CT molecular complexity index is 1560. The Morgan fingerprint density at radius 3 is 2.68 bits per heavy atom. The number of nitrogens with two attached hydrogens (primary N) is 1. The van der Waals surface area contributed by atoms with E-state index in [4.69, 9.17) is 5.73 Å². The van der Waals surface area contributed by atoms with E-state index in [9.17, 15) is 9.59 Å². The molecule has 1 unspecified atom stereocenters. The third-order valence-corrected chi connectivity index (χ3v) is 6.82. The number of carbonyl (C=O) groups is 2. The highest BCUT2D eigenvalue weighted by Gasteiger charge is 2.27. The van der Waals surface area contributed by atoms with Gasteiger partial charge in [0.15, 0.2) is 0 Å². The number of hydrazone groups is 1. The first-order valence-electron chi connectivity index (χ1n) is 12.4. The molecule has 1 fully saturated rings. The van der Waals surface area contributed by atoms with E-state index in [2.05, 4.69) is 15.4 Å². The summed E-state index contributed by atoms with van der Waals surface area (Å²) in [6.45, 7) is 1.97. The highest BCUT2D eigenvalue weighted by molar-refractivity contribution is 6.10. The van der Waals surface area contributed by atoms with Gasteiger partial charge in [-0.25, -0.2) is 5.01 Å². The van der Waals surface area contributed by atoms with Crippen molar-refractivity contribution in [3.63, 3.8) is 0 Å². The van der Waals surface area contributed by atoms with Gasteiger partial charge in [-0.3, -0.25) is 9.59 Å². The van der Waals surface area contributed by atoms with Crippen LogP contribution in [0.2, 0.25) is 0 Å². The standard InChI is InChI=1S/C30H27N5O2/c1-18-9-10-22(30(37)33-24-11-12-24)16-27(18)35-29(31)23(17-32-35)14-19-5-4-7-21(13-19)28(36)26-15-20-6-2-3-8-25(20)34-26/h2-10,13-17,24,29,34H,11-12,31H2,1H3,(H,33,37). The van der Waals surface area contributed by atoms with Crippen molar-refractivity contribution in [1.82, 2.24) is 10.3 Å². The van der Waals surface area contributed by atoms with Crippen molar-refractivity contribution in [2.24, 2.45) is 10.8 Å². The number of H-pyrrole nitrogens is 1. The number of ketones is 1. The van der Waals surface area contributed by atoms with E-state index in [-0.39, 0.29) is 17.7 Å². The summed E-state index contributed by atoms with van der Waals surface area (Å²) in [6.07, 6.45) is 5.22. The van der Waals surface area contributed by atoms with Crippen molar-refractivity contribution in [2.45, 2.75) is 32.0 Å². The van der Waals surface area contributed by atoms with E-state index in [1.807, 2.05) is 85.8 Å². The number of nitrogens with zero attached hydrogens (tertiary/aromatic N) is 2. The van der Waals surface area contributed by atoms with E-state index < -0.39 is 6.17 Å². The van der Waals surface area contributed by atoms with Crippen LogP contribution in [0.5, 0.6) is 0 Å². The van der Waals surface area contributed by atoms with Crippen LogP contribution < -0.4 is 16.1 Å². The third-order valence-electron chi connectivity index (χ3n) is 6.82. The summed E-state index contributed by atoms with van der Waals surface area (Å²) in [5.41, 5.74) is 12.7. The average molecular weight is 490 g/mol. The predicted molar refractivity (Wildman–Crippen MR) is 147 cm³/mol. The predicted octanol–water partition coefficient (Wildman–Crippen LogP) is 4.77. The Morgan fingerprint density at radius 1 is 1.03 bits per heavy atom. The molecule has 37 heavy (non-hydrogen) atoms. The number of rotatable bonds is 6. The van der Waals surface area contributed by atoms with Crippen LogP contribution in [0.4, 0.5) is 5.69 Å². The first kappa shape index (κ1) is 22.9. The summed E-state index contributed by atoms with van der Waals surface area (Å²) in [4.78, 5) is 28.9. The number of amides is 1. The molecule has 184 valence electrons. The fourth-order valence-corrected chi connectivity index (χ4v) is 4.56. The van der Waals surface area contributed by atoms with Crippen LogP contribution in [0, 0.1) is 6.92 Å². The van der Waals surface area contributed by atoms with Gasteiger partial charge < -0.3 is 16.0 Å². The van der Waals surface area contributed by atoms with Crippen LogP contribution >= 0.6 is 0 Å². The molecular formula is C30H27N5O2. The molecule has 1 saturated carbocycles. The van der Waals surface area contributed by atoms with Crippen molar-refractivity contribution in [3.05, 3.63) is 106 Å². The van der Waals surface area contributed by atoms with Crippen LogP contribution in [0.15, 0.2) is 83.5 Å². The number of benzene rings is 3. The molecule has 1 aliphatic carbocycles. The maximum atomic E-state index is 13.2. The largest absolute Gasteiger partial charge is 0.352 e. The van der Waals surface area contributed by atoms with Gasteiger partial charge in [0.25, 0.3) is 5.91 Å². The van der Waals surface area contributed by atoms with E-state index in [1.165, 1.54) is 0 Å². The number of fused-ring (bicyclic) bond motifs is 1. The molecule has 7 nitrogen and oxygen atoms in total. The van der Waals surface area contributed by atoms with Crippen molar-refractivity contribution in [3.8, 4) is 0 Å². The lowest BCUT2D eigenvalue weighted by atomic mass is 10.0. The number of para-hydroxylation sites is 1. The molecule has 1 aliphatic heterocycles. The molecule has 1 atom stereocenters. The zero-order valence-electron chi connectivity index (χ0n) is 20.4. The van der Waals surface area contributed by atoms with Crippen molar-refractivity contribution >= 4 is 40.6 Å². The molecule has 1 aromatic heterocycles. The van der Waals surface area contributed by atoms with Gasteiger partial charge in [-0.1, -0.05) is 42.5 Å². The van der Waals surface area contributed by atoms with Gasteiger partial charge in [-0.2, -0.15) is 5.10 Å². The number of carbonyl (C=O) groups excluding carboxylic acids is 2. The lowest BCUT2D eigenvalue weighted by Gasteiger charge is -2.23. The molecule has 0 saturated heterocycles. The quantitative estimate of drug-likeness (QED) is 0.339. The van der Waals surface area contributed by atoms with Gasteiger partial charge in [-0.05, 0) is 67.3 Å². The first-order chi connectivity index (χ1) is 18.0. The van der Waals surface area contributed by atoms with Gasteiger partial charge in [0.1, 0.15) is 6.17 Å². The van der Waals surface area contributed by atoms with Crippen LogP contribution in [0.3, 0.4) is 0 Å². The summed E-state index contributed by atoms with van der Waals surface area (Å²) in [5.74, 6) is -0.146. The third kappa shape index (κ3) is 4.57. The minimum Gasteiger partial charge on any atom is -0.352 e. The summed E-state index contributed by atoms with van der Waals surface area (Å²) in [6, 6.07) is 23.1. The zero-order valence-corrected chi connectivity index (χ0v) is 20.4. The van der Waals surface area contributed by atoms with Gasteiger partial charge in [0.05, 0.1) is 17.6 Å². The van der Waals surface area contributed by atoms with Gasteiger partial charge >= 0.3 is 0 Å². The Kier molecular flexibility index (Phi) is 5.70. The number of nitrogens with one attached hydrogen (secondary N) is 2. The van der Waals surface area contributed by atoms with Crippen LogP contribution in [-0.2, 0) is 0 Å². The second-order valence-electron chi connectivity index (χ2n) is 9.65. The molecule has 3 aromatic carbocycles. The number of aromatic amines is 1. The smallest absolute Gasteiger partial charge is 0.251 e. The summed E-state index contributed by atoms with van der Waals surface area (Å²) in [5, 5.41) is 10.3. The minimum atomic E-state index is -0.520. The van der Waals surface area contributed by atoms with Crippen molar-refractivity contribution in [1.29, 1.82) is 0 Å². The normalized spacial score (nSPS) is 18.1. The molecule has 1 amide bonds. The summed E-state index contributed by atoms with van der Waals surface area (Å²) < 4.78 is 0.